The summed E-state index contributed by atoms with van der Waals surface area (Å²) in [4.78, 5) is 14.7. The van der Waals surface area contributed by atoms with Gasteiger partial charge in [0.2, 0.25) is 0 Å². The van der Waals surface area contributed by atoms with Crippen molar-refractivity contribution in [3.05, 3.63) is 35.6 Å². The van der Waals surface area contributed by atoms with Crippen LogP contribution in [0.4, 0.5) is 9.18 Å². The lowest BCUT2D eigenvalue weighted by Gasteiger charge is -2.45. The summed E-state index contributed by atoms with van der Waals surface area (Å²) in [5.74, 6) is 0.274. The molecule has 2 atom stereocenters. The van der Waals surface area contributed by atoms with Crippen molar-refractivity contribution in [3.8, 4) is 0 Å². The zero-order chi connectivity index (χ0) is 17.9. The van der Waals surface area contributed by atoms with E-state index in [1.165, 1.54) is 44.2 Å². The molecule has 25 heavy (non-hydrogen) atoms. The number of nitrogens with two attached hydrogens (primary N) is 1. The average molecular weight is 348 g/mol. The van der Waals surface area contributed by atoms with Crippen molar-refractivity contribution in [2.45, 2.75) is 63.5 Å². The van der Waals surface area contributed by atoms with Crippen molar-refractivity contribution >= 4 is 6.09 Å². The summed E-state index contributed by atoms with van der Waals surface area (Å²) in [6.07, 6.45) is 7.18. The minimum atomic E-state index is -0.734. The van der Waals surface area contributed by atoms with Gasteiger partial charge in [-0.1, -0.05) is 31.4 Å². The normalized spacial score (nSPS) is 26.4. The second-order valence-electron chi connectivity index (χ2n) is 7.49. The molecule has 4 nitrogen and oxygen atoms in total. The molecule has 0 bridgehead atoms. The molecule has 0 unspecified atom stereocenters. The van der Waals surface area contributed by atoms with E-state index in [0.717, 1.165) is 5.56 Å². The van der Waals surface area contributed by atoms with E-state index in [0.29, 0.717) is 31.8 Å². The Kier molecular flexibility index (Phi) is 5.62. The number of carbonyl (C=O) groups is 1. The minimum absolute atomic E-state index is 0.205. The van der Waals surface area contributed by atoms with Crippen molar-refractivity contribution in [3.63, 3.8) is 0 Å². The van der Waals surface area contributed by atoms with E-state index in [2.05, 4.69) is 6.92 Å². The molecule has 1 aromatic rings. The number of carbonyl (C=O) groups excluding carboxylic acids is 1. The Morgan fingerprint density at radius 3 is 2.56 bits per heavy atom. The summed E-state index contributed by atoms with van der Waals surface area (Å²) in [7, 11) is 0. The van der Waals surface area contributed by atoms with E-state index in [1.54, 1.807) is 12.1 Å². The van der Waals surface area contributed by atoms with Crippen LogP contribution in [0.1, 0.15) is 57.4 Å². The van der Waals surface area contributed by atoms with Gasteiger partial charge in [0.1, 0.15) is 11.4 Å². The van der Waals surface area contributed by atoms with Crippen LogP contribution in [0.15, 0.2) is 24.3 Å². The van der Waals surface area contributed by atoms with Crippen molar-refractivity contribution in [1.82, 2.24) is 4.90 Å². The van der Waals surface area contributed by atoms with Crippen LogP contribution in [0.25, 0.3) is 0 Å². The highest BCUT2D eigenvalue weighted by Crippen LogP contribution is 2.39. The Hall–Kier alpha value is -1.62. The van der Waals surface area contributed by atoms with Gasteiger partial charge in [0, 0.05) is 25.4 Å². The Morgan fingerprint density at radius 2 is 1.96 bits per heavy atom. The molecule has 0 spiro atoms. The molecule has 2 N–H and O–H groups in total. The van der Waals surface area contributed by atoms with Crippen LogP contribution < -0.4 is 5.73 Å². The maximum Gasteiger partial charge on any atom is 0.410 e. The minimum Gasteiger partial charge on any atom is -0.438 e. The summed E-state index contributed by atoms with van der Waals surface area (Å²) in [6, 6.07) is 6.45. The van der Waals surface area contributed by atoms with Crippen molar-refractivity contribution in [2.75, 3.05) is 13.1 Å². The van der Waals surface area contributed by atoms with Crippen LogP contribution in [0.2, 0.25) is 0 Å². The summed E-state index contributed by atoms with van der Waals surface area (Å²) in [6.45, 7) is 3.22. The Morgan fingerprint density at radius 1 is 1.28 bits per heavy atom. The van der Waals surface area contributed by atoms with E-state index in [9.17, 15) is 9.18 Å². The predicted molar refractivity (Wildman–Crippen MR) is 95.6 cm³/mol. The number of halogens is 1. The second kappa shape index (κ2) is 7.73. The third kappa shape index (κ3) is 3.81. The molecule has 0 aromatic heterocycles. The van der Waals surface area contributed by atoms with Crippen molar-refractivity contribution in [2.24, 2.45) is 11.7 Å². The maximum absolute atomic E-state index is 13.3. The standard InChI is InChI=1S/C20H29FN2O2/c1-15(16-5-3-2-4-6-16)23-14-12-20(11-13-22,25-19(23)24)17-7-9-18(21)10-8-17/h7-10,15-16H,2-6,11-14,22H2,1H3/t15-,20+/m0/s1. The number of rotatable bonds is 5. The van der Waals surface area contributed by atoms with Gasteiger partial charge in [-0.25, -0.2) is 9.18 Å². The lowest BCUT2D eigenvalue weighted by molar-refractivity contribution is -0.0694. The quantitative estimate of drug-likeness (QED) is 0.868. The number of cyclic esters (lactones) is 1. The Balaban J connectivity index is 1.75. The third-order valence-corrected chi connectivity index (χ3v) is 6.02. The fourth-order valence-corrected chi connectivity index (χ4v) is 4.42. The van der Waals surface area contributed by atoms with Crippen LogP contribution in [0.3, 0.4) is 0 Å². The first kappa shape index (κ1) is 18.2. The zero-order valence-electron chi connectivity index (χ0n) is 15.0. The van der Waals surface area contributed by atoms with Gasteiger partial charge in [-0.05, 0) is 49.9 Å². The van der Waals surface area contributed by atoms with Crippen LogP contribution in [-0.4, -0.2) is 30.1 Å². The molecule has 2 fully saturated rings. The van der Waals surface area contributed by atoms with Crippen molar-refractivity contribution in [1.29, 1.82) is 0 Å². The molecule has 1 heterocycles. The van der Waals surface area contributed by atoms with Crippen LogP contribution in [0.5, 0.6) is 0 Å². The first-order valence-corrected chi connectivity index (χ1v) is 9.51. The fraction of sp³-hybridized carbons (Fsp3) is 0.650. The average Bonchev–Trinajstić information content (AvgIpc) is 2.63. The Bertz CT molecular complexity index is 586. The molecule has 1 saturated heterocycles. The Labute approximate surface area is 149 Å². The lowest BCUT2D eigenvalue weighted by atomic mass is 9.82. The lowest BCUT2D eigenvalue weighted by Crippen LogP contribution is -2.53. The van der Waals surface area contributed by atoms with Gasteiger partial charge >= 0.3 is 6.09 Å². The molecular formula is C20H29FN2O2. The third-order valence-electron chi connectivity index (χ3n) is 6.02. The van der Waals surface area contributed by atoms with Crippen LogP contribution >= 0.6 is 0 Å². The van der Waals surface area contributed by atoms with Crippen LogP contribution in [-0.2, 0) is 10.3 Å². The van der Waals surface area contributed by atoms with E-state index in [4.69, 9.17) is 10.5 Å². The van der Waals surface area contributed by atoms with Gasteiger partial charge in [0.25, 0.3) is 0 Å². The molecule has 1 aliphatic heterocycles. The number of amides is 1. The van der Waals surface area contributed by atoms with Gasteiger partial charge in [0.15, 0.2) is 0 Å². The summed E-state index contributed by atoms with van der Waals surface area (Å²) in [5, 5.41) is 0. The topological polar surface area (TPSA) is 55.6 Å². The highest BCUT2D eigenvalue weighted by Gasteiger charge is 2.43. The largest absolute Gasteiger partial charge is 0.438 e. The van der Waals surface area contributed by atoms with Gasteiger partial charge in [-0.15, -0.1) is 0 Å². The molecule has 1 aliphatic carbocycles. The van der Waals surface area contributed by atoms with E-state index < -0.39 is 5.60 Å². The number of nitrogens with zero attached hydrogens (tertiary/aromatic N) is 1. The van der Waals surface area contributed by atoms with Gasteiger partial charge in [-0.3, -0.25) is 0 Å². The van der Waals surface area contributed by atoms with Gasteiger partial charge < -0.3 is 15.4 Å². The first-order valence-electron chi connectivity index (χ1n) is 9.51. The highest BCUT2D eigenvalue weighted by molar-refractivity contribution is 5.70. The first-order chi connectivity index (χ1) is 12.1. The van der Waals surface area contributed by atoms with Crippen molar-refractivity contribution < 1.29 is 13.9 Å². The molecule has 5 heteroatoms. The molecule has 1 aromatic carbocycles. The summed E-state index contributed by atoms with van der Waals surface area (Å²) >= 11 is 0. The van der Waals surface area contributed by atoms with Gasteiger partial charge in [0.05, 0.1) is 0 Å². The number of hydrogen-bond donors (Lipinski definition) is 1. The number of ether oxygens (including phenoxy) is 1. The monoisotopic (exact) mass is 348 g/mol. The SMILES string of the molecule is C[C@@H](C1CCCCC1)N1CC[C@](CCN)(c2ccc(F)cc2)OC1=O. The molecular weight excluding hydrogens is 319 g/mol. The summed E-state index contributed by atoms with van der Waals surface area (Å²) in [5.41, 5.74) is 5.89. The maximum atomic E-state index is 13.3. The summed E-state index contributed by atoms with van der Waals surface area (Å²) < 4.78 is 19.2. The molecule has 0 radical (unpaired) electrons. The fourth-order valence-electron chi connectivity index (χ4n) is 4.42. The number of benzene rings is 1. The van der Waals surface area contributed by atoms with E-state index in [1.807, 2.05) is 4.90 Å². The predicted octanol–water partition coefficient (Wildman–Crippen LogP) is 4.18. The molecule has 2 aliphatic rings. The zero-order valence-corrected chi connectivity index (χ0v) is 15.0. The molecule has 138 valence electrons. The molecule has 1 amide bonds. The smallest absolute Gasteiger partial charge is 0.410 e. The van der Waals surface area contributed by atoms with Crippen LogP contribution in [0, 0.1) is 11.7 Å². The van der Waals surface area contributed by atoms with E-state index >= 15 is 0 Å². The molecule has 1 saturated carbocycles. The second-order valence-corrected chi connectivity index (χ2v) is 7.49. The molecule has 3 rings (SSSR count). The number of hydrogen-bond acceptors (Lipinski definition) is 3. The van der Waals surface area contributed by atoms with Gasteiger partial charge in [-0.2, -0.15) is 0 Å². The van der Waals surface area contributed by atoms with E-state index in [-0.39, 0.29) is 18.0 Å². The highest BCUT2D eigenvalue weighted by atomic mass is 19.1.